The molecule has 0 spiro atoms. The Bertz CT molecular complexity index is 1160. The van der Waals surface area contributed by atoms with E-state index in [4.69, 9.17) is 4.74 Å². The van der Waals surface area contributed by atoms with E-state index >= 15 is 0 Å². The first kappa shape index (κ1) is 20.5. The van der Waals surface area contributed by atoms with Crippen LogP contribution in [0.3, 0.4) is 0 Å². The van der Waals surface area contributed by atoms with Gasteiger partial charge < -0.3 is 14.9 Å². The van der Waals surface area contributed by atoms with Crippen molar-refractivity contribution >= 4 is 0 Å². The largest absolute Gasteiger partial charge is 0.434 e. The fraction of sp³-hybridized carbons (Fsp3) is 0.211. The van der Waals surface area contributed by atoms with Crippen LogP contribution in [-0.4, -0.2) is 24.7 Å². The third-order valence-electron chi connectivity index (χ3n) is 4.14. The van der Waals surface area contributed by atoms with Gasteiger partial charge in [0.25, 0.3) is 5.56 Å². The molecule has 152 valence electrons. The molecule has 2 N–H and O–H groups in total. The predicted molar refractivity (Wildman–Crippen MR) is 94.9 cm³/mol. The molecule has 0 unspecified atom stereocenters. The molecule has 0 bridgehead atoms. The lowest BCUT2D eigenvalue weighted by Gasteiger charge is -2.23. The summed E-state index contributed by atoms with van der Waals surface area (Å²) in [6, 6.07) is 2.48. The van der Waals surface area contributed by atoms with E-state index in [1.165, 1.54) is 26.1 Å². The van der Waals surface area contributed by atoms with Gasteiger partial charge in [-0.15, -0.1) is 0 Å². The van der Waals surface area contributed by atoms with Crippen molar-refractivity contribution < 1.29 is 28.1 Å². The number of halogens is 3. The first-order valence-electron chi connectivity index (χ1n) is 8.32. The lowest BCUT2D eigenvalue weighted by Crippen LogP contribution is -2.35. The fourth-order valence-electron chi connectivity index (χ4n) is 2.81. The molecular weight excluding hydrogens is 391 g/mol. The summed E-state index contributed by atoms with van der Waals surface area (Å²) in [4.78, 5) is 19.8. The molecular formula is C19H16F3N3O4. The zero-order chi connectivity index (χ0) is 21.5. The molecule has 0 radical (unpaired) electrons. The quantitative estimate of drug-likeness (QED) is 0.644. The highest BCUT2D eigenvalue weighted by Crippen LogP contribution is 2.26. The van der Waals surface area contributed by atoms with Gasteiger partial charge in [0.15, 0.2) is 17.3 Å². The van der Waals surface area contributed by atoms with E-state index < -0.39 is 34.7 Å². The Labute approximate surface area is 162 Å². The Morgan fingerprint density at radius 2 is 1.72 bits per heavy atom. The molecule has 3 aromatic rings. The number of aromatic nitrogens is 3. The van der Waals surface area contributed by atoms with Gasteiger partial charge in [0.2, 0.25) is 0 Å². The first-order chi connectivity index (χ1) is 13.5. The van der Waals surface area contributed by atoms with Crippen LogP contribution in [0.4, 0.5) is 13.2 Å². The van der Waals surface area contributed by atoms with Gasteiger partial charge in [-0.2, -0.15) is 0 Å². The summed E-state index contributed by atoms with van der Waals surface area (Å²) in [5.41, 5.74) is -1.04. The summed E-state index contributed by atoms with van der Waals surface area (Å²) in [6.45, 7) is 4.50. The fourth-order valence-corrected chi connectivity index (χ4v) is 2.81. The van der Waals surface area contributed by atoms with Gasteiger partial charge in [0.1, 0.15) is 11.6 Å². The monoisotopic (exact) mass is 407 g/mol. The summed E-state index contributed by atoms with van der Waals surface area (Å²) < 4.78 is 47.3. The van der Waals surface area contributed by atoms with E-state index in [0.717, 1.165) is 10.6 Å². The molecule has 3 aromatic heterocycles. The van der Waals surface area contributed by atoms with Gasteiger partial charge in [-0.3, -0.25) is 14.3 Å². The topological polar surface area (TPSA) is 97.5 Å². The second kappa shape index (κ2) is 7.30. The van der Waals surface area contributed by atoms with Crippen molar-refractivity contribution in [2.24, 2.45) is 0 Å². The molecule has 0 saturated carbocycles. The number of rotatable bonds is 4. The Kier molecular flexibility index (Phi) is 5.16. The van der Waals surface area contributed by atoms with Crippen LogP contribution in [-0.2, 0) is 5.97 Å². The summed E-state index contributed by atoms with van der Waals surface area (Å²) in [6.07, 6.45) is 1.99. The SMILES string of the molecule is Cc1cnc(C)c(F)c1-n1c(C)cc(OC(O)(O)c2ncc(F)cc2F)cc1=O. The Morgan fingerprint density at radius 3 is 2.34 bits per heavy atom. The molecule has 0 atom stereocenters. The molecule has 0 amide bonds. The lowest BCUT2D eigenvalue weighted by atomic mass is 10.2. The summed E-state index contributed by atoms with van der Waals surface area (Å²) in [7, 11) is 0. The van der Waals surface area contributed by atoms with Crippen LogP contribution in [0.2, 0.25) is 0 Å². The minimum Gasteiger partial charge on any atom is -0.434 e. The molecule has 0 aliphatic rings. The predicted octanol–water partition coefficient (Wildman–Crippen LogP) is 2.14. The van der Waals surface area contributed by atoms with Crippen molar-refractivity contribution in [2.45, 2.75) is 26.7 Å². The Morgan fingerprint density at radius 1 is 1.03 bits per heavy atom. The zero-order valence-electron chi connectivity index (χ0n) is 15.6. The molecule has 0 aliphatic carbocycles. The van der Waals surface area contributed by atoms with Crippen LogP contribution in [0, 0.1) is 38.2 Å². The Balaban J connectivity index is 2.05. The van der Waals surface area contributed by atoms with Crippen LogP contribution < -0.4 is 10.3 Å². The van der Waals surface area contributed by atoms with Crippen molar-refractivity contribution in [2.75, 3.05) is 0 Å². The van der Waals surface area contributed by atoms with Crippen molar-refractivity contribution in [3.05, 3.63) is 81.0 Å². The number of hydrogen-bond acceptors (Lipinski definition) is 6. The second-order valence-corrected chi connectivity index (χ2v) is 6.39. The molecule has 3 rings (SSSR count). The highest BCUT2D eigenvalue weighted by atomic mass is 19.1. The van der Waals surface area contributed by atoms with Crippen LogP contribution in [0.25, 0.3) is 5.69 Å². The maximum atomic E-state index is 14.6. The smallest absolute Gasteiger partial charge is 0.372 e. The van der Waals surface area contributed by atoms with E-state index in [0.29, 0.717) is 17.8 Å². The maximum Gasteiger partial charge on any atom is 0.372 e. The average molecular weight is 407 g/mol. The molecule has 0 aromatic carbocycles. The van der Waals surface area contributed by atoms with Crippen molar-refractivity contribution in [1.82, 2.24) is 14.5 Å². The van der Waals surface area contributed by atoms with Crippen LogP contribution in [0.15, 0.2) is 35.4 Å². The van der Waals surface area contributed by atoms with E-state index in [-0.39, 0.29) is 22.8 Å². The zero-order valence-corrected chi connectivity index (χ0v) is 15.6. The van der Waals surface area contributed by atoms with Gasteiger partial charge in [-0.25, -0.2) is 18.2 Å². The highest BCUT2D eigenvalue weighted by molar-refractivity contribution is 5.44. The number of aryl methyl sites for hydroxylation is 3. The van der Waals surface area contributed by atoms with Crippen molar-refractivity contribution in [3.8, 4) is 11.4 Å². The van der Waals surface area contributed by atoms with Crippen molar-refractivity contribution in [1.29, 1.82) is 0 Å². The van der Waals surface area contributed by atoms with Crippen LogP contribution in [0.5, 0.6) is 5.75 Å². The second-order valence-electron chi connectivity index (χ2n) is 6.39. The number of pyridine rings is 3. The third kappa shape index (κ3) is 3.84. The third-order valence-corrected chi connectivity index (χ3v) is 4.14. The molecule has 0 aliphatic heterocycles. The van der Waals surface area contributed by atoms with Gasteiger partial charge in [-0.1, -0.05) is 0 Å². The van der Waals surface area contributed by atoms with Gasteiger partial charge >= 0.3 is 5.97 Å². The van der Waals surface area contributed by atoms with E-state index in [2.05, 4.69) is 9.97 Å². The molecule has 0 saturated heterocycles. The normalized spacial score (nSPS) is 11.6. The first-order valence-corrected chi connectivity index (χ1v) is 8.32. The minimum absolute atomic E-state index is 0.00273. The maximum absolute atomic E-state index is 14.6. The lowest BCUT2D eigenvalue weighted by molar-refractivity contribution is -0.308. The van der Waals surface area contributed by atoms with E-state index in [1.54, 1.807) is 6.92 Å². The molecule has 29 heavy (non-hydrogen) atoms. The number of aliphatic hydroxyl groups is 2. The molecule has 3 heterocycles. The van der Waals surface area contributed by atoms with Gasteiger partial charge in [0, 0.05) is 30.1 Å². The standard InChI is InChI=1S/C19H16F3N3O4/c1-9-7-23-11(3)16(22)17(9)25-10(2)4-13(6-15(25)26)29-19(27,28)18-14(21)5-12(20)8-24-18/h4-8,27-28H,1-3H3. The number of ether oxygens (including phenoxy) is 1. The van der Waals surface area contributed by atoms with E-state index in [1.807, 2.05) is 0 Å². The highest BCUT2D eigenvalue weighted by Gasteiger charge is 2.35. The summed E-state index contributed by atoms with van der Waals surface area (Å²) in [5, 5.41) is 20.1. The van der Waals surface area contributed by atoms with Gasteiger partial charge in [-0.05, 0) is 26.3 Å². The molecule has 10 heteroatoms. The average Bonchev–Trinajstić information content (AvgIpc) is 2.60. The number of nitrogens with zero attached hydrogens (tertiary/aromatic N) is 3. The van der Waals surface area contributed by atoms with Gasteiger partial charge in [0.05, 0.1) is 17.6 Å². The summed E-state index contributed by atoms with van der Waals surface area (Å²) in [5.74, 6) is -6.68. The minimum atomic E-state index is -3.28. The van der Waals surface area contributed by atoms with Crippen LogP contribution in [0.1, 0.15) is 22.6 Å². The van der Waals surface area contributed by atoms with E-state index in [9.17, 15) is 28.2 Å². The van der Waals surface area contributed by atoms with Crippen molar-refractivity contribution in [3.63, 3.8) is 0 Å². The molecule has 0 fully saturated rings. The summed E-state index contributed by atoms with van der Waals surface area (Å²) >= 11 is 0. The Hall–Kier alpha value is -3.24. The van der Waals surface area contributed by atoms with Crippen LogP contribution >= 0.6 is 0 Å². The number of hydrogen-bond donors (Lipinski definition) is 2. The molecule has 7 nitrogen and oxygen atoms in total.